The van der Waals surface area contributed by atoms with Crippen molar-refractivity contribution in [3.8, 4) is 11.5 Å². The summed E-state index contributed by atoms with van der Waals surface area (Å²) in [6.07, 6.45) is 3.13. The summed E-state index contributed by atoms with van der Waals surface area (Å²) in [6, 6.07) is 3.46. The third-order valence-corrected chi connectivity index (χ3v) is 3.61. The summed E-state index contributed by atoms with van der Waals surface area (Å²) >= 11 is 0. The van der Waals surface area contributed by atoms with E-state index in [2.05, 4.69) is 6.92 Å². The Morgan fingerprint density at radius 2 is 2.05 bits per heavy atom. The van der Waals surface area contributed by atoms with Crippen molar-refractivity contribution in [2.24, 2.45) is 0 Å². The number of amides is 1. The number of hydrogen-bond donors (Lipinski definition) is 2. The van der Waals surface area contributed by atoms with Crippen molar-refractivity contribution in [3.05, 3.63) is 17.7 Å². The van der Waals surface area contributed by atoms with E-state index in [4.69, 9.17) is 10.5 Å². The standard InChI is InChI=1S/C17H28N2O3/c1-4-7-10-19(5-2)16(20)9-8-13-11-14(18)17(21)15(12-13)22-6-3/h11-12,21H,4-10,18H2,1-3H3. The molecule has 0 spiro atoms. The molecule has 0 fully saturated rings. The van der Waals surface area contributed by atoms with E-state index in [1.54, 1.807) is 12.1 Å². The van der Waals surface area contributed by atoms with Gasteiger partial charge in [-0.3, -0.25) is 4.79 Å². The van der Waals surface area contributed by atoms with Crippen LogP contribution < -0.4 is 10.5 Å². The summed E-state index contributed by atoms with van der Waals surface area (Å²) in [6.45, 7) is 7.97. The maximum atomic E-state index is 12.2. The monoisotopic (exact) mass is 308 g/mol. The molecular formula is C17H28N2O3. The van der Waals surface area contributed by atoms with Crippen LogP contribution in [-0.2, 0) is 11.2 Å². The predicted molar refractivity (Wildman–Crippen MR) is 89.2 cm³/mol. The van der Waals surface area contributed by atoms with E-state index in [0.29, 0.717) is 25.2 Å². The maximum Gasteiger partial charge on any atom is 0.222 e. The molecule has 5 nitrogen and oxygen atoms in total. The van der Waals surface area contributed by atoms with Crippen LogP contribution in [-0.4, -0.2) is 35.6 Å². The first-order valence-electron chi connectivity index (χ1n) is 8.05. The number of unbranched alkanes of at least 4 members (excludes halogenated alkanes) is 1. The number of nitrogen functional groups attached to an aromatic ring is 1. The van der Waals surface area contributed by atoms with Gasteiger partial charge in [-0.15, -0.1) is 0 Å². The molecule has 1 amide bonds. The lowest BCUT2D eigenvalue weighted by atomic mass is 10.1. The predicted octanol–water partition coefficient (Wildman–Crippen LogP) is 2.95. The van der Waals surface area contributed by atoms with Gasteiger partial charge in [-0.05, 0) is 44.4 Å². The highest BCUT2D eigenvalue weighted by molar-refractivity contribution is 5.76. The zero-order chi connectivity index (χ0) is 16.5. The van der Waals surface area contributed by atoms with Gasteiger partial charge in [0.1, 0.15) is 0 Å². The molecule has 1 aromatic carbocycles. The molecule has 0 aromatic heterocycles. The summed E-state index contributed by atoms with van der Waals surface area (Å²) in [5.74, 6) is 0.499. The van der Waals surface area contributed by atoms with E-state index in [1.807, 2.05) is 18.7 Å². The SMILES string of the molecule is CCCCN(CC)C(=O)CCc1cc(N)c(O)c(OCC)c1. The molecule has 0 radical (unpaired) electrons. The Morgan fingerprint density at radius 3 is 2.64 bits per heavy atom. The molecule has 0 saturated heterocycles. The summed E-state index contributed by atoms with van der Waals surface area (Å²) in [5.41, 5.74) is 6.97. The Balaban J connectivity index is 2.68. The van der Waals surface area contributed by atoms with Gasteiger partial charge in [0.05, 0.1) is 12.3 Å². The Morgan fingerprint density at radius 1 is 1.32 bits per heavy atom. The highest BCUT2D eigenvalue weighted by Crippen LogP contribution is 2.34. The lowest BCUT2D eigenvalue weighted by Gasteiger charge is -2.20. The molecule has 5 heteroatoms. The minimum atomic E-state index is -0.0324. The van der Waals surface area contributed by atoms with Gasteiger partial charge in [-0.1, -0.05) is 13.3 Å². The first-order chi connectivity index (χ1) is 10.5. The molecule has 0 aliphatic rings. The van der Waals surface area contributed by atoms with Crippen LogP contribution in [0, 0.1) is 0 Å². The molecule has 0 atom stereocenters. The van der Waals surface area contributed by atoms with Crippen molar-refractivity contribution >= 4 is 11.6 Å². The minimum absolute atomic E-state index is 0.0324. The van der Waals surface area contributed by atoms with E-state index in [0.717, 1.165) is 31.5 Å². The lowest BCUT2D eigenvalue weighted by Crippen LogP contribution is -2.31. The van der Waals surface area contributed by atoms with E-state index in [9.17, 15) is 9.90 Å². The zero-order valence-corrected chi connectivity index (χ0v) is 13.9. The second-order valence-corrected chi connectivity index (χ2v) is 5.29. The number of phenolic OH excluding ortho intramolecular Hbond substituents is 1. The number of nitrogens with two attached hydrogens (primary N) is 1. The number of hydrogen-bond acceptors (Lipinski definition) is 4. The van der Waals surface area contributed by atoms with Crippen LogP contribution in [0.5, 0.6) is 11.5 Å². The number of anilines is 1. The van der Waals surface area contributed by atoms with Crippen molar-refractivity contribution in [3.63, 3.8) is 0 Å². The summed E-state index contributed by atoms with van der Waals surface area (Å²) in [7, 11) is 0. The Bertz CT molecular complexity index is 489. The van der Waals surface area contributed by atoms with E-state index < -0.39 is 0 Å². The third-order valence-electron chi connectivity index (χ3n) is 3.61. The van der Waals surface area contributed by atoms with Gasteiger partial charge < -0.3 is 20.5 Å². The topological polar surface area (TPSA) is 75.8 Å². The molecule has 0 aliphatic carbocycles. The normalized spacial score (nSPS) is 10.5. The summed E-state index contributed by atoms with van der Waals surface area (Å²) in [5, 5.41) is 9.83. The van der Waals surface area contributed by atoms with Crippen molar-refractivity contribution < 1.29 is 14.6 Å². The fourth-order valence-corrected chi connectivity index (χ4v) is 2.32. The van der Waals surface area contributed by atoms with Crippen molar-refractivity contribution in [2.75, 3.05) is 25.4 Å². The fraction of sp³-hybridized carbons (Fsp3) is 0.588. The first kappa shape index (κ1) is 18.1. The van der Waals surface area contributed by atoms with Gasteiger partial charge in [0, 0.05) is 19.5 Å². The van der Waals surface area contributed by atoms with Gasteiger partial charge in [-0.2, -0.15) is 0 Å². The van der Waals surface area contributed by atoms with Gasteiger partial charge >= 0.3 is 0 Å². The van der Waals surface area contributed by atoms with E-state index in [1.165, 1.54) is 0 Å². The van der Waals surface area contributed by atoms with Gasteiger partial charge in [0.15, 0.2) is 11.5 Å². The minimum Gasteiger partial charge on any atom is -0.503 e. The molecule has 3 N–H and O–H groups in total. The van der Waals surface area contributed by atoms with Crippen molar-refractivity contribution in [1.29, 1.82) is 0 Å². The van der Waals surface area contributed by atoms with Crippen LogP contribution in [0.3, 0.4) is 0 Å². The van der Waals surface area contributed by atoms with Crippen molar-refractivity contribution in [2.45, 2.75) is 46.5 Å². The average Bonchev–Trinajstić information content (AvgIpc) is 2.50. The Labute approximate surface area is 133 Å². The number of ether oxygens (including phenoxy) is 1. The van der Waals surface area contributed by atoms with Gasteiger partial charge in [0.25, 0.3) is 0 Å². The number of phenols is 1. The van der Waals surface area contributed by atoms with E-state index >= 15 is 0 Å². The zero-order valence-electron chi connectivity index (χ0n) is 13.9. The van der Waals surface area contributed by atoms with E-state index in [-0.39, 0.29) is 17.3 Å². The summed E-state index contributed by atoms with van der Waals surface area (Å²) in [4.78, 5) is 14.1. The number of nitrogens with zero attached hydrogens (tertiary/aromatic N) is 1. The lowest BCUT2D eigenvalue weighted by molar-refractivity contribution is -0.131. The van der Waals surface area contributed by atoms with Gasteiger partial charge in [-0.25, -0.2) is 0 Å². The number of carbonyl (C=O) groups is 1. The van der Waals surface area contributed by atoms with Crippen LogP contribution >= 0.6 is 0 Å². The smallest absolute Gasteiger partial charge is 0.222 e. The molecule has 0 unspecified atom stereocenters. The first-order valence-corrected chi connectivity index (χ1v) is 8.05. The van der Waals surface area contributed by atoms with Crippen LogP contribution in [0.2, 0.25) is 0 Å². The van der Waals surface area contributed by atoms with Crippen molar-refractivity contribution in [1.82, 2.24) is 4.90 Å². The number of benzene rings is 1. The third kappa shape index (κ3) is 5.13. The summed E-state index contributed by atoms with van der Waals surface area (Å²) < 4.78 is 5.36. The molecule has 124 valence electrons. The molecule has 22 heavy (non-hydrogen) atoms. The number of aromatic hydroxyl groups is 1. The quantitative estimate of drug-likeness (QED) is 0.543. The van der Waals surface area contributed by atoms with Crippen LogP contribution in [0.4, 0.5) is 5.69 Å². The molecule has 1 aromatic rings. The van der Waals surface area contributed by atoms with Crippen LogP contribution in [0.1, 0.15) is 45.6 Å². The largest absolute Gasteiger partial charge is 0.503 e. The molecule has 0 saturated carbocycles. The van der Waals surface area contributed by atoms with Gasteiger partial charge in [0.2, 0.25) is 5.91 Å². The maximum absolute atomic E-state index is 12.2. The second-order valence-electron chi connectivity index (χ2n) is 5.29. The highest BCUT2D eigenvalue weighted by atomic mass is 16.5. The van der Waals surface area contributed by atoms with Crippen LogP contribution in [0.15, 0.2) is 12.1 Å². The average molecular weight is 308 g/mol. The number of rotatable bonds is 9. The van der Waals surface area contributed by atoms with Crippen LogP contribution in [0.25, 0.3) is 0 Å². The molecule has 0 heterocycles. The Hall–Kier alpha value is -1.91. The molecule has 0 bridgehead atoms. The molecular weight excluding hydrogens is 280 g/mol. The molecule has 0 aliphatic heterocycles. The highest BCUT2D eigenvalue weighted by Gasteiger charge is 2.13. The Kier molecular flexibility index (Phi) is 7.57. The second kappa shape index (κ2) is 9.18. The fourth-order valence-electron chi connectivity index (χ4n) is 2.32. The number of aryl methyl sites for hydroxylation is 1. The number of carbonyl (C=O) groups excluding carboxylic acids is 1. The molecule has 1 rings (SSSR count).